The van der Waals surface area contributed by atoms with Crippen molar-refractivity contribution < 1.29 is 0 Å². The van der Waals surface area contributed by atoms with E-state index >= 15 is 0 Å². The summed E-state index contributed by atoms with van der Waals surface area (Å²) >= 11 is 0. The summed E-state index contributed by atoms with van der Waals surface area (Å²) in [5, 5.41) is 8.15. The molecule has 0 amide bonds. The van der Waals surface area contributed by atoms with E-state index in [2.05, 4.69) is 42.3 Å². The van der Waals surface area contributed by atoms with Crippen LogP contribution in [0.1, 0.15) is 32.9 Å². The molecule has 4 nitrogen and oxygen atoms in total. The molecule has 1 aliphatic heterocycles. The van der Waals surface area contributed by atoms with Crippen LogP contribution >= 0.6 is 0 Å². The molecule has 1 N–H and O–H groups in total. The van der Waals surface area contributed by atoms with Crippen LogP contribution in [0.3, 0.4) is 0 Å². The first kappa shape index (κ1) is 13.4. The standard InChI is InChI=1S/C14H26N4/c1-5-13-14(10-17(4)16-13)18-7-6-12(3)15-8-11(2)9-18/h10-12,15H,5-9H2,1-4H3. The van der Waals surface area contributed by atoms with Gasteiger partial charge in [0.25, 0.3) is 0 Å². The van der Waals surface area contributed by atoms with E-state index < -0.39 is 0 Å². The molecule has 1 saturated heterocycles. The second kappa shape index (κ2) is 5.74. The van der Waals surface area contributed by atoms with Gasteiger partial charge in [0.15, 0.2) is 0 Å². The Balaban J connectivity index is 2.18. The van der Waals surface area contributed by atoms with Gasteiger partial charge in [0, 0.05) is 32.4 Å². The highest BCUT2D eigenvalue weighted by Gasteiger charge is 2.20. The number of aromatic nitrogens is 2. The first-order valence-electron chi connectivity index (χ1n) is 7.11. The Labute approximate surface area is 110 Å². The van der Waals surface area contributed by atoms with Gasteiger partial charge in [0.05, 0.1) is 11.4 Å². The van der Waals surface area contributed by atoms with E-state index in [0.717, 1.165) is 26.1 Å². The maximum absolute atomic E-state index is 4.56. The number of anilines is 1. The molecule has 4 heteroatoms. The van der Waals surface area contributed by atoms with Gasteiger partial charge in [-0.15, -0.1) is 0 Å². The minimum absolute atomic E-state index is 0.608. The van der Waals surface area contributed by atoms with Crippen molar-refractivity contribution in [1.82, 2.24) is 15.1 Å². The number of nitrogens with one attached hydrogen (secondary N) is 1. The molecule has 102 valence electrons. The number of rotatable bonds is 2. The summed E-state index contributed by atoms with van der Waals surface area (Å²) in [5.74, 6) is 0.678. The molecular weight excluding hydrogens is 224 g/mol. The Bertz CT molecular complexity index is 385. The molecule has 1 fully saturated rings. The van der Waals surface area contributed by atoms with Crippen molar-refractivity contribution in [2.75, 3.05) is 24.5 Å². The summed E-state index contributed by atoms with van der Waals surface area (Å²) in [6.45, 7) is 10.1. The molecule has 2 atom stereocenters. The van der Waals surface area contributed by atoms with Gasteiger partial charge in [0.1, 0.15) is 0 Å². The van der Waals surface area contributed by atoms with Crippen LogP contribution in [-0.4, -0.2) is 35.5 Å². The Morgan fingerprint density at radius 3 is 2.94 bits per heavy atom. The van der Waals surface area contributed by atoms with E-state index in [9.17, 15) is 0 Å². The van der Waals surface area contributed by atoms with E-state index in [1.54, 1.807) is 0 Å². The van der Waals surface area contributed by atoms with Crippen LogP contribution in [0.15, 0.2) is 6.20 Å². The van der Waals surface area contributed by atoms with E-state index in [0.29, 0.717) is 12.0 Å². The predicted molar refractivity (Wildman–Crippen MR) is 76.0 cm³/mol. The quantitative estimate of drug-likeness (QED) is 0.869. The van der Waals surface area contributed by atoms with E-state index in [1.165, 1.54) is 17.8 Å². The van der Waals surface area contributed by atoms with Crippen molar-refractivity contribution in [2.45, 2.75) is 39.7 Å². The molecule has 2 heterocycles. The van der Waals surface area contributed by atoms with Gasteiger partial charge in [0.2, 0.25) is 0 Å². The lowest BCUT2D eigenvalue weighted by atomic mass is 10.1. The fourth-order valence-corrected chi connectivity index (χ4v) is 2.64. The summed E-state index contributed by atoms with van der Waals surface area (Å²) in [7, 11) is 2.01. The molecule has 2 rings (SSSR count). The van der Waals surface area contributed by atoms with E-state index in [1.807, 2.05) is 11.7 Å². The summed E-state index contributed by atoms with van der Waals surface area (Å²) in [4.78, 5) is 2.52. The average Bonchev–Trinajstić information content (AvgIpc) is 2.71. The molecule has 0 saturated carbocycles. The van der Waals surface area contributed by atoms with Crippen LogP contribution in [-0.2, 0) is 13.5 Å². The van der Waals surface area contributed by atoms with Crippen LogP contribution in [0.5, 0.6) is 0 Å². The number of hydrogen-bond acceptors (Lipinski definition) is 3. The number of nitrogens with zero attached hydrogens (tertiary/aromatic N) is 3. The average molecular weight is 250 g/mol. The monoisotopic (exact) mass is 250 g/mol. The lowest BCUT2D eigenvalue weighted by molar-refractivity contribution is 0.410. The normalized spacial score (nSPS) is 25.9. The van der Waals surface area contributed by atoms with Crippen molar-refractivity contribution in [2.24, 2.45) is 13.0 Å². The zero-order valence-electron chi connectivity index (χ0n) is 12.1. The number of hydrogen-bond donors (Lipinski definition) is 1. The fraction of sp³-hybridized carbons (Fsp3) is 0.786. The highest BCUT2D eigenvalue weighted by molar-refractivity contribution is 5.49. The molecule has 0 radical (unpaired) electrons. The van der Waals surface area contributed by atoms with Gasteiger partial charge < -0.3 is 10.2 Å². The van der Waals surface area contributed by atoms with Crippen LogP contribution < -0.4 is 10.2 Å². The van der Waals surface area contributed by atoms with Crippen LogP contribution in [0.25, 0.3) is 0 Å². The summed E-state index contributed by atoms with van der Waals surface area (Å²) in [6, 6.07) is 0.608. The maximum Gasteiger partial charge on any atom is 0.0855 e. The largest absolute Gasteiger partial charge is 0.368 e. The predicted octanol–water partition coefficient (Wildman–Crippen LogP) is 1.81. The van der Waals surface area contributed by atoms with Gasteiger partial charge in [-0.1, -0.05) is 13.8 Å². The van der Waals surface area contributed by atoms with Gasteiger partial charge in [-0.2, -0.15) is 5.10 Å². The Hall–Kier alpha value is -1.03. The van der Waals surface area contributed by atoms with Gasteiger partial charge in [-0.25, -0.2) is 0 Å². The number of aryl methyl sites for hydroxylation is 2. The van der Waals surface area contributed by atoms with Crippen LogP contribution in [0.4, 0.5) is 5.69 Å². The molecule has 0 aromatic carbocycles. The second-order valence-electron chi connectivity index (χ2n) is 5.64. The Morgan fingerprint density at radius 1 is 1.44 bits per heavy atom. The van der Waals surface area contributed by atoms with Crippen LogP contribution in [0.2, 0.25) is 0 Å². The fourth-order valence-electron chi connectivity index (χ4n) is 2.64. The highest BCUT2D eigenvalue weighted by Crippen LogP contribution is 2.22. The second-order valence-corrected chi connectivity index (χ2v) is 5.64. The van der Waals surface area contributed by atoms with Gasteiger partial charge in [-0.05, 0) is 32.2 Å². The molecule has 2 unspecified atom stereocenters. The zero-order valence-corrected chi connectivity index (χ0v) is 12.1. The first-order chi connectivity index (χ1) is 8.60. The van der Waals surface area contributed by atoms with Gasteiger partial charge in [-0.3, -0.25) is 4.68 Å². The van der Waals surface area contributed by atoms with Crippen LogP contribution in [0, 0.1) is 5.92 Å². The van der Waals surface area contributed by atoms with Crippen molar-refractivity contribution in [3.05, 3.63) is 11.9 Å². The summed E-state index contributed by atoms with van der Waals surface area (Å²) < 4.78 is 1.94. The lowest BCUT2D eigenvalue weighted by Crippen LogP contribution is -2.42. The third-order valence-corrected chi connectivity index (χ3v) is 3.74. The molecule has 0 aliphatic carbocycles. The Morgan fingerprint density at radius 2 is 2.22 bits per heavy atom. The zero-order chi connectivity index (χ0) is 13.1. The Kier molecular flexibility index (Phi) is 4.27. The molecule has 1 aliphatic rings. The van der Waals surface area contributed by atoms with Crippen molar-refractivity contribution in [3.8, 4) is 0 Å². The third kappa shape index (κ3) is 3.05. The molecular formula is C14H26N4. The smallest absolute Gasteiger partial charge is 0.0855 e. The van der Waals surface area contributed by atoms with Crippen molar-refractivity contribution in [1.29, 1.82) is 0 Å². The minimum atomic E-state index is 0.608. The SMILES string of the molecule is CCc1nn(C)cc1N1CCC(C)NCC(C)C1. The van der Waals surface area contributed by atoms with E-state index in [-0.39, 0.29) is 0 Å². The van der Waals surface area contributed by atoms with Crippen molar-refractivity contribution in [3.63, 3.8) is 0 Å². The maximum atomic E-state index is 4.56. The first-order valence-corrected chi connectivity index (χ1v) is 7.11. The lowest BCUT2D eigenvalue weighted by Gasteiger charge is -2.32. The minimum Gasteiger partial charge on any atom is -0.368 e. The molecule has 1 aromatic heterocycles. The highest BCUT2D eigenvalue weighted by atomic mass is 15.3. The van der Waals surface area contributed by atoms with E-state index in [4.69, 9.17) is 0 Å². The molecule has 1 aromatic rings. The summed E-state index contributed by atoms with van der Waals surface area (Å²) in [6.07, 6.45) is 4.38. The topological polar surface area (TPSA) is 33.1 Å². The van der Waals surface area contributed by atoms with Gasteiger partial charge >= 0.3 is 0 Å². The summed E-state index contributed by atoms with van der Waals surface area (Å²) in [5.41, 5.74) is 2.56. The molecule has 0 bridgehead atoms. The third-order valence-electron chi connectivity index (χ3n) is 3.74. The molecule has 18 heavy (non-hydrogen) atoms. The molecule has 0 spiro atoms. The van der Waals surface area contributed by atoms with Crippen molar-refractivity contribution >= 4 is 5.69 Å².